The van der Waals surface area contributed by atoms with E-state index in [0.29, 0.717) is 11.8 Å². The van der Waals surface area contributed by atoms with E-state index in [4.69, 9.17) is 23.2 Å². The molecule has 1 aromatic rings. The molecule has 0 aliphatic heterocycles. The van der Waals surface area contributed by atoms with Crippen LogP contribution in [0.4, 0.5) is 5.82 Å². The largest absolute Gasteiger partial charge is 0.362 e. The molecule has 5 heteroatoms. The van der Waals surface area contributed by atoms with Gasteiger partial charge in [-0.25, -0.2) is 9.97 Å². The number of alkyl halides is 2. The molecule has 0 bridgehead atoms. The number of nitrogens with one attached hydrogen (secondary N) is 1. The van der Waals surface area contributed by atoms with Gasteiger partial charge in [-0.3, -0.25) is 0 Å². The van der Waals surface area contributed by atoms with Crippen molar-refractivity contribution in [2.24, 2.45) is 0 Å². The van der Waals surface area contributed by atoms with Gasteiger partial charge < -0.3 is 5.32 Å². The minimum Gasteiger partial charge on any atom is -0.362 e. The Morgan fingerprint density at radius 3 is 2.56 bits per heavy atom. The highest BCUT2D eigenvalue weighted by atomic mass is 35.5. The van der Waals surface area contributed by atoms with Crippen molar-refractivity contribution in [3.63, 3.8) is 0 Å². The molecule has 1 aromatic heterocycles. The molecule has 1 heterocycles. The molecule has 0 unspecified atom stereocenters. The van der Waals surface area contributed by atoms with Crippen molar-refractivity contribution in [3.05, 3.63) is 18.1 Å². The van der Waals surface area contributed by atoms with Crippen molar-refractivity contribution in [1.82, 2.24) is 9.97 Å². The zero-order valence-corrected chi connectivity index (χ0v) is 11.1. The summed E-state index contributed by atoms with van der Waals surface area (Å²) in [4.78, 5) is 8.36. The molecule has 0 radical (unpaired) electrons. The van der Waals surface area contributed by atoms with Gasteiger partial charge in [-0.05, 0) is 13.3 Å². The van der Waals surface area contributed by atoms with Gasteiger partial charge >= 0.3 is 0 Å². The third-order valence-electron chi connectivity index (χ3n) is 2.25. The smallest absolute Gasteiger partial charge is 0.130 e. The van der Waals surface area contributed by atoms with Crippen molar-refractivity contribution in [2.45, 2.75) is 32.2 Å². The maximum Gasteiger partial charge on any atom is 0.130 e. The van der Waals surface area contributed by atoms with E-state index in [-0.39, 0.29) is 5.54 Å². The van der Waals surface area contributed by atoms with Crippen LogP contribution in [-0.2, 0) is 6.42 Å². The third-order valence-corrected chi connectivity index (χ3v) is 3.43. The normalized spacial score (nSPS) is 11.5. The lowest BCUT2D eigenvalue weighted by Gasteiger charge is -2.26. The van der Waals surface area contributed by atoms with Crippen LogP contribution in [0.5, 0.6) is 0 Å². The fourth-order valence-electron chi connectivity index (χ4n) is 1.27. The second-order valence-electron chi connectivity index (χ2n) is 4.10. The molecule has 0 saturated heterocycles. The van der Waals surface area contributed by atoms with Crippen LogP contribution in [0, 0.1) is 0 Å². The van der Waals surface area contributed by atoms with Gasteiger partial charge in [-0.2, -0.15) is 0 Å². The molecular weight excluding hydrogens is 245 g/mol. The molecule has 1 rings (SSSR count). The predicted molar refractivity (Wildman–Crippen MR) is 69.5 cm³/mol. The molecule has 0 aliphatic rings. The van der Waals surface area contributed by atoms with E-state index in [9.17, 15) is 0 Å². The Bertz CT molecular complexity index is 327. The lowest BCUT2D eigenvalue weighted by molar-refractivity contribution is 0.644. The zero-order chi connectivity index (χ0) is 12.0. The number of hydrogen-bond acceptors (Lipinski definition) is 3. The lowest BCUT2D eigenvalue weighted by Crippen LogP contribution is -2.39. The fraction of sp³-hybridized carbons (Fsp3) is 0.636. The Morgan fingerprint density at radius 1 is 1.31 bits per heavy atom. The van der Waals surface area contributed by atoms with E-state index in [1.54, 1.807) is 6.33 Å². The maximum absolute atomic E-state index is 5.87. The topological polar surface area (TPSA) is 37.8 Å². The minimum absolute atomic E-state index is 0.332. The summed E-state index contributed by atoms with van der Waals surface area (Å²) in [5.74, 6) is 1.65. The number of hydrogen-bond donors (Lipinski definition) is 1. The van der Waals surface area contributed by atoms with E-state index >= 15 is 0 Å². The van der Waals surface area contributed by atoms with Gasteiger partial charge in [0, 0.05) is 23.5 Å². The van der Waals surface area contributed by atoms with Gasteiger partial charge in [-0.1, -0.05) is 13.3 Å². The second-order valence-corrected chi connectivity index (χ2v) is 4.63. The fourth-order valence-corrected chi connectivity index (χ4v) is 1.69. The zero-order valence-electron chi connectivity index (χ0n) is 9.63. The average molecular weight is 262 g/mol. The van der Waals surface area contributed by atoms with Crippen LogP contribution < -0.4 is 5.32 Å². The Hall–Kier alpha value is -0.540. The van der Waals surface area contributed by atoms with E-state index in [0.717, 1.165) is 24.4 Å². The Kier molecular flexibility index (Phi) is 5.29. The lowest BCUT2D eigenvalue weighted by atomic mass is 10.1. The van der Waals surface area contributed by atoms with Crippen LogP contribution in [0.3, 0.4) is 0 Å². The van der Waals surface area contributed by atoms with Crippen LogP contribution >= 0.6 is 23.2 Å². The molecule has 1 N–H and O–H groups in total. The van der Waals surface area contributed by atoms with Gasteiger partial charge in [0.15, 0.2) is 0 Å². The molecule has 3 nitrogen and oxygen atoms in total. The first-order valence-corrected chi connectivity index (χ1v) is 6.41. The predicted octanol–water partition coefficient (Wildman–Crippen LogP) is 3.08. The maximum atomic E-state index is 5.87. The summed E-state index contributed by atoms with van der Waals surface area (Å²) in [6.07, 6.45) is 3.59. The van der Waals surface area contributed by atoms with Crippen molar-refractivity contribution in [3.8, 4) is 0 Å². The quantitative estimate of drug-likeness (QED) is 0.800. The standard InChI is InChI=1S/C11H17Cl2N3/c1-3-4-9-5-10(15-8-14-9)16-11(2,6-12)7-13/h5,8H,3-4,6-7H2,1-2H3,(H,14,15,16). The molecule has 90 valence electrons. The van der Waals surface area contributed by atoms with E-state index in [2.05, 4.69) is 22.2 Å². The summed E-state index contributed by atoms with van der Waals surface area (Å²) >= 11 is 11.7. The Morgan fingerprint density at radius 2 is 2.00 bits per heavy atom. The SMILES string of the molecule is CCCc1cc(NC(C)(CCl)CCl)ncn1. The first-order valence-electron chi connectivity index (χ1n) is 5.34. The summed E-state index contributed by atoms with van der Waals surface area (Å²) in [5, 5.41) is 3.24. The van der Waals surface area contributed by atoms with E-state index < -0.39 is 0 Å². The van der Waals surface area contributed by atoms with Gasteiger partial charge in [0.25, 0.3) is 0 Å². The Labute approximate surface area is 107 Å². The van der Waals surface area contributed by atoms with Crippen molar-refractivity contribution in [1.29, 1.82) is 0 Å². The van der Waals surface area contributed by atoms with Crippen molar-refractivity contribution >= 4 is 29.0 Å². The Balaban J connectivity index is 2.76. The molecular formula is C11H17Cl2N3. The summed E-state index contributed by atoms with van der Waals surface area (Å²) < 4.78 is 0. The monoisotopic (exact) mass is 261 g/mol. The van der Waals surface area contributed by atoms with Crippen molar-refractivity contribution < 1.29 is 0 Å². The van der Waals surface area contributed by atoms with Crippen LogP contribution in [0.2, 0.25) is 0 Å². The number of halogens is 2. The van der Waals surface area contributed by atoms with E-state index in [1.165, 1.54) is 0 Å². The molecule has 0 amide bonds. The molecule has 0 saturated carbocycles. The van der Waals surface area contributed by atoms with Crippen LogP contribution in [0.15, 0.2) is 12.4 Å². The number of anilines is 1. The molecule has 16 heavy (non-hydrogen) atoms. The molecule has 0 aromatic carbocycles. The third kappa shape index (κ3) is 3.80. The highest BCUT2D eigenvalue weighted by Crippen LogP contribution is 2.17. The highest BCUT2D eigenvalue weighted by molar-refractivity contribution is 6.22. The number of aryl methyl sites for hydroxylation is 1. The highest BCUT2D eigenvalue weighted by Gasteiger charge is 2.22. The first kappa shape index (κ1) is 13.5. The van der Waals surface area contributed by atoms with Crippen LogP contribution in [-0.4, -0.2) is 27.3 Å². The molecule has 0 spiro atoms. The second kappa shape index (κ2) is 6.26. The van der Waals surface area contributed by atoms with Gasteiger partial charge in [0.1, 0.15) is 12.1 Å². The summed E-state index contributed by atoms with van der Waals surface area (Å²) in [6.45, 7) is 4.09. The van der Waals surface area contributed by atoms with Gasteiger partial charge in [-0.15, -0.1) is 23.2 Å². The van der Waals surface area contributed by atoms with Gasteiger partial charge in [0.2, 0.25) is 0 Å². The summed E-state index contributed by atoms with van der Waals surface area (Å²) in [6, 6.07) is 1.95. The first-order chi connectivity index (χ1) is 7.63. The number of rotatable bonds is 6. The van der Waals surface area contributed by atoms with Crippen molar-refractivity contribution in [2.75, 3.05) is 17.1 Å². The number of aromatic nitrogens is 2. The molecule has 0 atom stereocenters. The van der Waals surface area contributed by atoms with Crippen LogP contribution in [0.1, 0.15) is 26.0 Å². The molecule has 0 aliphatic carbocycles. The van der Waals surface area contributed by atoms with E-state index in [1.807, 2.05) is 13.0 Å². The van der Waals surface area contributed by atoms with Gasteiger partial charge in [0.05, 0.1) is 5.54 Å². The average Bonchev–Trinajstić information content (AvgIpc) is 2.30. The molecule has 0 fully saturated rings. The van der Waals surface area contributed by atoms with Crippen LogP contribution in [0.25, 0.3) is 0 Å². The number of nitrogens with zero attached hydrogens (tertiary/aromatic N) is 2. The minimum atomic E-state index is -0.332. The summed E-state index contributed by atoms with van der Waals surface area (Å²) in [7, 11) is 0. The summed E-state index contributed by atoms with van der Waals surface area (Å²) in [5.41, 5.74) is 0.701.